The molecular weight excluding hydrogens is 401 g/mol. The van der Waals surface area contributed by atoms with E-state index in [1.807, 2.05) is 0 Å². The number of nitro groups is 1. The zero-order chi connectivity index (χ0) is 21.7. The van der Waals surface area contributed by atoms with Gasteiger partial charge in [-0.25, -0.2) is 0 Å². The van der Waals surface area contributed by atoms with Crippen molar-refractivity contribution in [3.8, 4) is 11.1 Å². The van der Waals surface area contributed by atoms with Gasteiger partial charge in [0.05, 0.1) is 10.5 Å². The summed E-state index contributed by atoms with van der Waals surface area (Å²) in [7, 11) is 0. The van der Waals surface area contributed by atoms with E-state index in [0.29, 0.717) is 13.2 Å². The van der Waals surface area contributed by atoms with Crippen LogP contribution in [-0.4, -0.2) is 24.0 Å². The fourth-order valence-corrected chi connectivity index (χ4v) is 3.24. The zero-order valence-corrected chi connectivity index (χ0v) is 15.8. The Morgan fingerprint density at radius 2 is 1.87 bits per heavy atom. The minimum Gasteiger partial charge on any atom is -0.381 e. The SMILES string of the molecule is O=C(C=CC1CCOCC1)Nc1ccc(-c2ccccc2C(F)(F)F)cc1[N+](=O)[O-]. The quantitative estimate of drug-likeness (QED) is 0.409. The molecule has 158 valence electrons. The highest BCUT2D eigenvalue weighted by Gasteiger charge is 2.33. The number of rotatable bonds is 5. The van der Waals surface area contributed by atoms with Crippen molar-refractivity contribution < 1.29 is 27.6 Å². The molecule has 30 heavy (non-hydrogen) atoms. The number of nitrogens with zero attached hydrogens (tertiary/aromatic N) is 1. The maximum atomic E-state index is 13.3. The molecule has 0 spiro atoms. The van der Waals surface area contributed by atoms with Gasteiger partial charge in [0.25, 0.3) is 5.69 Å². The molecule has 0 aliphatic carbocycles. The molecule has 1 aliphatic heterocycles. The summed E-state index contributed by atoms with van der Waals surface area (Å²) in [4.78, 5) is 22.9. The summed E-state index contributed by atoms with van der Waals surface area (Å²) in [5, 5.41) is 13.9. The minimum atomic E-state index is -4.60. The Morgan fingerprint density at radius 3 is 2.53 bits per heavy atom. The number of hydrogen-bond donors (Lipinski definition) is 1. The molecule has 0 atom stereocenters. The Bertz CT molecular complexity index is 967. The highest BCUT2D eigenvalue weighted by Crippen LogP contribution is 2.39. The first-order chi connectivity index (χ1) is 14.3. The third-order valence-electron chi connectivity index (χ3n) is 4.78. The lowest BCUT2D eigenvalue weighted by atomic mass is 9.98. The number of anilines is 1. The van der Waals surface area contributed by atoms with Crippen LogP contribution in [0.3, 0.4) is 0 Å². The second kappa shape index (κ2) is 9.08. The summed E-state index contributed by atoms with van der Waals surface area (Å²) >= 11 is 0. The molecule has 0 radical (unpaired) electrons. The number of carbonyl (C=O) groups excluding carboxylic acids is 1. The number of benzene rings is 2. The fraction of sp³-hybridized carbons (Fsp3) is 0.286. The van der Waals surface area contributed by atoms with Crippen molar-refractivity contribution in [1.82, 2.24) is 0 Å². The second-order valence-electron chi connectivity index (χ2n) is 6.83. The van der Waals surface area contributed by atoms with Gasteiger partial charge in [0.15, 0.2) is 0 Å². The monoisotopic (exact) mass is 420 g/mol. The van der Waals surface area contributed by atoms with E-state index in [1.54, 1.807) is 6.08 Å². The zero-order valence-electron chi connectivity index (χ0n) is 15.8. The van der Waals surface area contributed by atoms with Crippen LogP contribution in [0.2, 0.25) is 0 Å². The summed E-state index contributed by atoms with van der Waals surface area (Å²) in [5.74, 6) is -0.353. The number of nitrogens with one attached hydrogen (secondary N) is 1. The Kier molecular flexibility index (Phi) is 6.51. The van der Waals surface area contributed by atoms with Crippen molar-refractivity contribution >= 4 is 17.3 Å². The lowest BCUT2D eigenvalue weighted by Gasteiger charge is -2.18. The third kappa shape index (κ3) is 5.24. The van der Waals surface area contributed by atoms with Crippen molar-refractivity contribution in [3.05, 3.63) is 70.3 Å². The first-order valence-corrected chi connectivity index (χ1v) is 9.27. The van der Waals surface area contributed by atoms with E-state index in [0.717, 1.165) is 25.0 Å². The van der Waals surface area contributed by atoms with Gasteiger partial charge in [-0.15, -0.1) is 0 Å². The highest BCUT2D eigenvalue weighted by atomic mass is 19.4. The molecule has 3 rings (SSSR count). The van der Waals surface area contributed by atoms with E-state index in [9.17, 15) is 28.1 Å². The van der Waals surface area contributed by atoms with Crippen LogP contribution in [0.1, 0.15) is 18.4 Å². The first kappa shape index (κ1) is 21.5. The van der Waals surface area contributed by atoms with Gasteiger partial charge in [-0.3, -0.25) is 14.9 Å². The lowest BCUT2D eigenvalue weighted by molar-refractivity contribution is -0.383. The van der Waals surface area contributed by atoms with E-state index in [4.69, 9.17) is 4.74 Å². The van der Waals surface area contributed by atoms with Crippen molar-refractivity contribution in [2.75, 3.05) is 18.5 Å². The minimum absolute atomic E-state index is 0.0328. The molecule has 0 unspecified atom stereocenters. The number of ether oxygens (including phenoxy) is 1. The van der Waals surface area contributed by atoms with Crippen LogP contribution in [0.4, 0.5) is 24.5 Å². The molecule has 0 aromatic heterocycles. The first-order valence-electron chi connectivity index (χ1n) is 9.27. The Morgan fingerprint density at radius 1 is 1.17 bits per heavy atom. The maximum absolute atomic E-state index is 13.3. The van der Waals surface area contributed by atoms with E-state index >= 15 is 0 Å². The average molecular weight is 420 g/mol. The number of amides is 1. The van der Waals surface area contributed by atoms with Gasteiger partial charge in [0, 0.05) is 19.3 Å². The average Bonchev–Trinajstić information content (AvgIpc) is 2.72. The van der Waals surface area contributed by atoms with Gasteiger partial charge in [0.1, 0.15) is 5.69 Å². The molecule has 1 fully saturated rings. The molecule has 0 bridgehead atoms. The topological polar surface area (TPSA) is 81.5 Å². The normalized spacial score (nSPS) is 15.3. The van der Waals surface area contributed by atoms with Crippen LogP contribution in [0.15, 0.2) is 54.6 Å². The number of nitro benzene ring substituents is 1. The molecule has 1 heterocycles. The number of allylic oxidation sites excluding steroid dienone is 1. The third-order valence-corrected chi connectivity index (χ3v) is 4.78. The molecule has 9 heteroatoms. The molecule has 6 nitrogen and oxygen atoms in total. The lowest BCUT2D eigenvalue weighted by Crippen LogP contribution is -2.15. The van der Waals surface area contributed by atoms with Gasteiger partial charge in [0.2, 0.25) is 5.91 Å². The van der Waals surface area contributed by atoms with Crippen molar-refractivity contribution in [1.29, 1.82) is 0 Å². The molecular formula is C21H19F3N2O4. The maximum Gasteiger partial charge on any atom is 0.417 e. The predicted molar refractivity (Wildman–Crippen MR) is 105 cm³/mol. The van der Waals surface area contributed by atoms with Gasteiger partial charge in [-0.05, 0) is 48.1 Å². The van der Waals surface area contributed by atoms with Gasteiger partial charge in [-0.2, -0.15) is 13.2 Å². The molecule has 1 saturated heterocycles. The van der Waals surface area contributed by atoms with Crippen molar-refractivity contribution in [2.24, 2.45) is 5.92 Å². The number of alkyl halides is 3. The molecule has 1 amide bonds. The van der Waals surface area contributed by atoms with Gasteiger partial charge in [-0.1, -0.05) is 30.3 Å². The predicted octanol–water partition coefficient (Wildman–Crippen LogP) is 5.20. The van der Waals surface area contributed by atoms with Crippen LogP contribution in [0.25, 0.3) is 11.1 Å². The number of hydrogen-bond acceptors (Lipinski definition) is 4. The van der Waals surface area contributed by atoms with Crippen LogP contribution >= 0.6 is 0 Å². The van der Waals surface area contributed by atoms with Crippen LogP contribution in [0, 0.1) is 16.0 Å². The largest absolute Gasteiger partial charge is 0.417 e. The molecule has 0 saturated carbocycles. The smallest absolute Gasteiger partial charge is 0.381 e. The highest BCUT2D eigenvalue weighted by molar-refractivity contribution is 6.01. The van der Waals surface area contributed by atoms with E-state index in [2.05, 4.69) is 5.32 Å². The summed E-state index contributed by atoms with van der Waals surface area (Å²) in [6.45, 7) is 1.23. The molecule has 1 aliphatic rings. The summed E-state index contributed by atoms with van der Waals surface area (Å²) in [6, 6.07) is 8.42. The van der Waals surface area contributed by atoms with Crippen molar-refractivity contribution in [2.45, 2.75) is 19.0 Å². The van der Waals surface area contributed by atoms with E-state index in [-0.39, 0.29) is 22.7 Å². The van der Waals surface area contributed by atoms with Gasteiger partial charge < -0.3 is 10.1 Å². The summed E-state index contributed by atoms with van der Waals surface area (Å²) in [6.07, 6.45) is 0.0197. The van der Waals surface area contributed by atoms with Crippen LogP contribution < -0.4 is 5.32 Å². The molecule has 2 aromatic rings. The van der Waals surface area contributed by atoms with E-state index < -0.39 is 28.3 Å². The van der Waals surface area contributed by atoms with Crippen LogP contribution in [0.5, 0.6) is 0 Å². The second-order valence-corrected chi connectivity index (χ2v) is 6.83. The van der Waals surface area contributed by atoms with E-state index in [1.165, 1.54) is 36.4 Å². The Hall–Kier alpha value is -3.20. The number of halogens is 3. The fourth-order valence-electron chi connectivity index (χ4n) is 3.24. The molecule has 2 aromatic carbocycles. The van der Waals surface area contributed by atoms with Crippen molar-refractivity contribution in [3.63, 3.8) is 0 Å². The molecule has 1 N–H and O–H groups in total. The summed E-state index contributed by atoms with van der Waals surface area (Å²) in [5.41, 5.74) is -1.61. The van der Waals surface area contributed by atoms with Gasteiger partial charge >= 0.3 is 6.18 Å². The number of carbonyl (C=O) groups is 1. The van der Waals surface area contributed by atoms with Crippen LogP contribution in [-0.2, 0) is 15.7 Å². The Balaban J connectivity index is 1.85. The summed E-state index contributed by atoms with van der Waals surface area (Å²) < 4.78 is 45.1. The Labute approximate surface area is 170 Å². The standard InChI is InChI=1S/C21H19F3N2O4/c22-21(23,24)17-4-2-1-3-16(17)15-6-7-18(19(13-15)26(28)29)25-20(27)8-5-14-9-11-30-12-10-14/h1-8,13-14H,9-12H2,(H,25,27).